The Labute approximate surface area is 198 Å². The van der Waals surface area contributed by atoms with E-state index in [-0.39, 0.29) is 6.10 Å². The van der Waals surface area contributed by atoms with Crippen molar-refractivity contribution in [1.29, 1.82) is 0 Å². The van der Waals surface area contributed by atoms with Gasteiger partial charge in [-0.25, -0.2) is 0 Å². The molecule has 0 amide bonds. The molecule has 0 radical (unpaired) electrons. The van der Waals surface area contributed by atoms with Crippen molar-refractivity contribution in [2.75, 3.05) is 6.61 Å². The first-order chi connectivity index (χ1) is 15.9. The van der Waals surface area contributed by atoms with E-state index in [9.17, 15) is 25.5 Å². The standard InChI is InChI=1S/C25H31ClO7/c26-18-10-7-15(25-24(31)23(30)22(29)21(13-27)33-25)12-16(18)11-14-5-8-17(9-6-14)32-20-4-2-1-3-19(20)28/h5-10,12,19-25,27-31H,1-4,11,13H2/t19-,20?,21-,22-,23+,24-,25+/m1/s1. The van der Waals surface area contributed by atoms with Crippen LogP contribution >= 0.6 is 11.6 Å². The molecule has 0 bridgehead atoms. The number of aliphatic hydroxyl groups excluding tert-OH is 5. The van der Waals surface area contributed by atoms with Gasteiger partial charge in [0.25, 0.3) is 0 Å². The van der Waals surface area contributed by atoms with Crippen LogP contribution in [0.5, 0.6) is 5.75 Å². The summed E-state index contributed by atoms with van der Waals surface area (Å²) >= 11 is 6.42. The van der Waals surface area contributed by atoms with Crippen LogP contribution in [0.4, 0.5) is 0 Å². The largest absolute Gasteiger partial charge is 0.488 e. The summed E-state index contributed by atoms with van der Waals surface area (Å²) < 4.78 is 11.6. The van der Waals surface area contributed by atoms with Crippen molar-refractivity contribution in [3.63, 3.8) is 0 Å². The zero-order valence-corrected chi connectivity index (χ0v) is 19.0. The minimum Gasteiger partial charge on any atom is -0.488 e. The third-order valence-electron chi connectivity index (χ3n) is 6.56. The highest BCUT2D eigenvalue weighted by atomic mass is 35.5. The van der Waals surface area contributed by atoms with E-state index in [0.29, 0.717) is 22.8 Å². The molecule has 0 spiro atoms. The normalized spacial score (nSPS) is 32.5. The van der Waals surface area contributed by atoms with Crippen LogP contribution in [0, 0.1) is 0 Å². The lowest BCUT2D eigenvalue weighted by Crippen LogP contribution is -2.55. The third kappa shape index (κ3) is 5.52. The van der Waals surface area contributed by atoms with Gasteiger partial charge in [0.1, 0.15) is 42.4 Å². The van der Waals surface area contributed by atoms with Crippen molar-refractivity contribution in [2.45, 2.75) is 74.8 Å². The molecule has 2 fully saturated rings. The lowest BCUT2D eigenvalue weighted by Gasteiger charge is -2.40. The average Bonchev–Trinajstić information content (AvgIpc) is 2.82. The van der Waals surface area contributed by atoms with E-state index >= 15 is 0 Å². The monoisotopic (exact) mass is 478 g/mol. The van der Waals surface area contributed by atoms with Gasteiger partial charge >= 0.3 is 0 Å². The Kier molecular flexibility index (Phi) is 7.91. The number of benzene rings is 2. The van der Waals surface area contributed by atoms with E-state index in [0.717, 1.165) is 36.8 Å². The highest BCUT2D eigenvalue weighted by Crippen LogP contribution is 2.34. The summed E-state index contributed by atoms with van der Waals surface area (Å²) in [6.07, 6.45) is -2.42. The van der Waals surface area contributed by atoms with Crippen LogP contribution in [0.25, 0.3) is 0 Å². The second-order valence-corrected chi connectivity index (χ2v) is 9.34. The summed E-state index contributed by atoms with van der Waals surface area (Å²) in [6.45, 7) is -0.478. The summed E-state index contributed by atoms with van der Waals surface area (Å²) in [5, 5.41) is 50.7. The average molecular weight is 479 g/mol. The molecule has 0 aromatic heterocycles. The molecule has 7 nitrogen and oxygen atoms in total. The summed E-state index contributed by atoms with van der Waals surface area (Å²) in [7, 11) is 0. The van der Waals surface area contributed by atoms with Gasteiger partial charge in [-0.3, -0.25) is 0 Å². The Bertz CT molecular complexity index is 919. The molecule has 5 N–H and O–H groups in total. The fraction of sp³-hybridized carbons (Fsp3) is 0.520. The fourth-order valence-corrected chi connectivity index (χ4v) is 4.76. The van der Waals surface area contributed by atoms with Crippen LogP contribution in [0.15, 0.2) is 42.5 Å². The first-order valence-corrected chi connectivity index (χ1v) is 11.8. The zero-order valence-electron chi connectivity index (χ0n) is 18.3. The Morgan fingerprint density at radius 2 is 1.64 bits per heavy atom. The molecule has 180 valence electrons. The van der Waals surface area contributed by atoms with Crippen molar-refractivity contribution >= 4 is 11.6 Å². The van der Waals surface area contributed by atoms with Gasteiger partial charge in [-0.05, 0) is 60.6 Å². The quantitative estimate of drug-likeness (QED) is 0.431. The number of aliphatic hydroxyl groups is 5. The number of rotatable bonds is 6. The predicted molar refractivity (Wildman–Crippen MR) is 122 cm³/mol. The molecule has 1 aliphatic heterocycles. The molecule has 1 aliphatic carbocycles. The molecule has 1 heterocycles. The number of ether oxygens (including phenoxy) is 2. The van der Waals surface area contributed by atoms with E-state index in [1.54, 1.807) is 18.2 Å². The molecule has 1 saturated heterocycles. The maximum atomic E-state index is 10.4. The lowest BCUT2D eigenvalue weighted by atomic mass is 9.90. The second kappa shape index (κ2) is 10.7. The molecular formula is C25H31ClO7. The number of hydrogen-bond acceptors (Lipinski definition) is 7. The van der Waals surface area contributed by atoms with Gasteiger partial charge in [-0.1, -0.05) is 42.3 Å². The number of hydrogen-bond donors (Lipinski definition) is 5. The van der Waals surface area contributed by atoms with Crippen molar-refractivity contribution in [2.24, 2.45) is 0 Å². The van der Waals surface area contributed by atoms with Crippen LogP contribution in [0.3, 0.4) is 0 Å². The predicted octanol–water partition coefficient (Wildman–Crippen LogP) is 2.13. The molecule has 8 heteroatoms. The second-order valence-electron chi connectivity index (χ2n) is 8.93. The highest BCUT2D eigenvalue weighted by Gasteiger charge is 2.44. The van der Waals surface area contributed by atoms with Crippen molar-refractivity contribution in [1.82, 2.24) is 0 Å². The van der Waals surface area contributed by atoms with Crippen molar-refractivity contribution in [3.8, 4) is 5.75 Å². The lowest BCUT2D eigenvalue weighted by molar-refractivity contribution is -0.231. The summed E-state index contributed by atoms with van der Waals surface area (Å²) in [5.41, 5.74) is 2.40. The van der Waals surface area contributed by atoms with Crippen LogP contribution in [-0.4, -0.2) is 68.8 Å². The summed E-state index contributed by atoms with van der Waals surface area (Å²) in [5.74, 6) is 0.714. The van der Waals surface area contributed by atoms with E-state index in [1.165, 1.54) is 0 Å². The van der Waals surface area contributed by atoms with E-state index < -0.39 is 43.2 Å². The Hall–Kier alpha value is -1.71. The first kappa shape index (κ1) is 24.4. The van der Waals surface area contributed by atoms with Crippen molar-refractivity contribution < 1.29 is 35.0 Å². The van der Waals surface area contributed by atoms with Gasteiger partial charge in [-0.15, -0.1) is 0 Å². The molecule has 2 aliphatic rings. The molecule has 33 heavy (non-hydrogen) atoms. The maximum absolute atomic E-state index is 10.4. The van der Waals surface area contributed by atoms with Crippen molar-refractivity contribution in [3.05, 3.63) is 64.2 Å². The van der Waals surface area contributed by atoms with E-state index in [4.69, 9.17) is 21.1 Å². The van der Waals surface area contributed by atoms with Gasteiger partial charge < -0.3 is 35.0 Å². The Morgan fingerprint density at radius 1 is 0.909 bits per heavy atom. The van der Waals surface area contributed by atoms with Gasteiger partial charge in [0.15, 0.2) is 0 Å². The highest BCUT2D eigenvalue weighted by molar-refractivity contribution is 6.31. The number of halogens is 1. The molecule has 1 saturated carbocycles. The van der Waals surface area contributed by atoms with Gasteiger partial charge in [-0.2, -0.15) is 0 Å². The summed E-state index contributed by atoms with van der Waals surface area (Å²) in [4.78, 5) is 0. The first-order valence-electron chi connectivity index (χ1n) is 11.4. The van der Waals surface area contributed by atoms with E-state index in [2.05, 4.69) is 0 Å². The van der Waals surface area contributed by atoms with Crippen LogP contribution < -0.4 is 4.74 Å². The third-order valence-corrected chi connectivity index (χ3v) is 6.93. The van der Waals surface area contributed by atoms with E-state index in [1.807, 2.05) is 24.3 Å². The van der Waals surface area contributed by atoms with Crippen LogP contribution in [0.2, 0.25) is 5.02 Å². The molecule has 7 atom stereocenters. The maximum Gasteiger partial charge on any atom is 0.124 e. The molecule has 4 rings (SSSR count). The molecule has 2 aromatic carbocycles. The van der Waals surface area contributed by atoms with Gasteiger partial charge in [0.2, 0.25) is 0 Å². The summed E-state index contributed by atoms with van der Waals surface area (Å²) in [6, 6.07) is 12.9. The smallest absolute Gasteiger partial charge is 0.124 e. The van der Waals surface area contributed by atoms with Crippen LogP contribution in [-0.2, 0) is 11.2 Å². The fourth-order valence-electron chi connectivity index (χ4n) is 4.58. The van der Waals surface area contributed by atoms with Crippen LogP contribution in [0.1, 0.15) is 48.5 Å². The topological polar surface area (TPSA) is 120 Å². The Morgan fingerprint density at radius 3 is 2.33 bits per heavy atom. The SMILES string of the molecule is OC[C@H]1O[C@@H](c2ccc(Cl)c(Cc3ccc(OC4CCCC[C@H]4O)cc3)c2)[C@H](O)[C@@H](O)[C@@H]1O. The zero-order chi connectivity index (χ0) is 23.5. The minimum absolute atomic E-state index is 0.172. The van der Waals surface area contributed by atoms with Gasteiger partial charge in [0.05, 0.1) is 12.7 Å². The molecule has 1 unspecified atom stereocenters. The molecular weight excluding hydrogens is 448 g/mol. The Balaban J connectivity index is 1.47. The molecule has 2 aromatic rings. The van der Waals surface area contributed by atoms with Gasteiger partial charge in [0, 0.05) is 5.02 Å². The minimum atomic E-state index is -1.43.